The first kappa shape index (κ1) is 26.9. The molecule has 0 saturated carbocycles. The van der Waals surface area contributed by atoms with Crippen LogP contribution in [0.3, 0.4) is 0 Å². The van der Waals surface area contributed by atoms with Gasteiger partial charge in [0, 0.05) is 37.9 Å². The van der Waals surface area contributed by atoms with Crippen LogP contribution < -0.4 is 14.4 Å². The van der Waals surface area contributed by atoms with Gasteiger partial charge in [-0.3, -0.25) is 0 Å². The molecule has 0 N–H and O–H groups in total. The van der Waals surface area contributed by atoms with E-state index < -0.39 is 10.0 Å². The summed E-state index contributed by atoms with van der Waals surface area (Å²) in [4.78, 5) is 11.3. The third-order valence-corrected chi connectivity index (χ3v) is 10.2. The number of methoxy groups -OCH3 is 2. The van der Waals surface area contributed by atoms with Crippen molar-refractivity contribution in [2.24, 2.45) is 0 Å². The van der Waals surface area contributed by atoms with Crippen molar-refractivity contribution in [3.8, 4) is 22.6 Å². The second-order valence-electron chi connectivity index (χ2n) is 9.88. The molecule has 39 heavy (non-hydrogen) atoms. The molecule has 0 atom stereocenters. The zero-order valence-electron chi connectivity index (χ0n) is 23.4. The van der Waals surface area contributed by atoms with Crippen LogP contribution in [0.15, 0.2) is 35.6 Å². The average molecular weight is 551 g/mol. The molecule has 2 aromatic carbocycles. The fourth-order valence-corrected chi connectivity index (χ4v) is 7.38. The van der Waals surface area contributed by atoms with E-state index in [0.29, 0.717) is 48.4 Å². The Morgan fingerprint density at radius 3 is 2.03 bits per heavy atom. The van der Waals surface area contributed by atoms with Crippen LogP contribution in [0, 0.1) is 34.6 Å². The highest BCUT2D eigenvalue weighted by Crippen LogP contribution is 2.37. The van der Waals surface area contributed by atoms with Gasteiger partial charge in [0.05, 0.1) is 19.1 Å². The SMILES string of the molecule is COc1ccc(-c2cnc3ncnn3c2N2CCN(S(=O)(=O)c3c(C)c(C)c(C)c(C)c3C)CC2)cc1OC. The van der Waals surface area contributed by atoms with Crippen LogP contribution in [0.4, 0.5) is 5.82 Å². The number of rotatable bonds is 6. The molecular weight excluding hydrogens is 516 g/mol. The molecule has 1 aliphatic heterocycles. The molecule has 4 aromatic rings. The summed E-state index contributed by atoms with van der Waals surface area (Å²) in [5.41, 5.74) is 6.56. The second-order valence-corrected chi connectivity index (χ2v) is 11.8. The minimum atomic E-state index is -3.67. The molecular formula is C28H34N6O4S. The van der Waals surface area contributed by atoms with Gasteiger partial charge in [-0.05, 0) is 80.1 Å². The summed E-state index contributed by atoms with van der Waals surface area (Å²) < 4.78 is 42.1. The number of hydrogen-bond acceptors (Lipinski definition) is 8. The van der Waals surface area contributed by atoms with Crippen molar-refractivity contribution in [2.75, 3.05) is 45.3 Å². The first-order valence-corrected chi connectivity index (χ1v) is 14.3. The van der Waals surface area contributed by atoms with Gasteiger partial charge in [0.2, 0.25) is 10.0 Å². The largest absolute Gasteiger partial charge is 0.493 e. The van der Waals surface area contributed by atoms with Crippen LogP contribution in [-0.4, -0.2) is 72.7 Å². The Morgan fingerprint density at radius 2 is 1.41 bits per heavy atom. The summed E-state index contributed by atoms with van der Waals surface area (Å²) in [6, 6.07) is 5.69. The van der Waals surface area contributed by atoms with Gasteiger partial charge < -0.3 is 14.4 Å². The van der Waals surface area contributed by atoms with Crippen LogP contribution in [0.25, 0.3) is 16.9 Å². The highest BCUT2D eigenvalue weighted by atomic mass is 32.2. The molecule has 0 unspecified atom stereocenters. The van der Waals surface area contributed by atoms with E-state index in [1.165, 1.54) is 6.33 Å². The molecule has 1 aliphatic rings. The van der Waals surface area contributed by atoms with Gasteiger partial charge in [-0.15, -0.1) is 0 Å². The number of ether oxygens (including phenoxy) is 2. The Labute approximate surface area is 229 Å². The number of fused-ring (bicyclic) bond motifs is 1. The van der Waals surface area contributed by atoms with E-state index in [9.17, 15) is 8.42 Å². The normalized spacial score (nSPS) is 14.7. The van der Waals surface area contributed by atoms with E-state index in [4.69, 9.17) is 9.47 Å². The zero-order chi connectivity index (χ0) is 28.1. The van der Waals surface area contributed by atoms with Crippen molar-refractivity contribution in [3.63, 3.8) is 0 Å². The summed E-state index contributed by atoms with van der Waals surface area (Å²) in [6.07, 6.45) is 3.24. The standard InChI is InChI=1S/C28H34N6O4S/c1-17-18(2)20(4)26(21(5)19(17)3)39(35,36)33-12-10-32(11-13-33)27-23(15-29-28-30-16-31-34(27)28)22-8-9-24(37-6)25(14-22)38-7/h8-9,14-16H,10-13H2,1-7H3. The Bertz CT molecular complexity index is 1640. The Hall–Kier alpha value is -3.70. The molecule has 11 heteroatoms. The van der Waals surface area contributed by atoms with Crippen molar-refractivity contribution in [1.82, 2.24) is 23.9 Å². The number of nitrogens with zero attached hydrogens (tertiary/aromatic N) is 6. The van der Waals surface area contributed by atoms with Gasteiger partial charge in [-0.25, -0.2) is 13.4 Å². The lowest BCUT2D eigenvalue weighted by Crippen LogP contribution is -2.49. The topological polar surface area (TPSA) is 102 Å². The van der Waals surface area contributed by atoms with Crippen LogP contribution in [-0.2, 0) is 10.0 Å². The quantitative estimate of drug-likeness (QED) is 0.357. The van der Waals surface area contributed by atoms with Crippen molar-refractivity contribution >= 4 is 21.6 Å². The summed E-state index contributed by atoms with van der Waals surface area (Å²) >= 11 is 0. The van der Waals surface area contributed by atoms with E-state index in [0.717, 1.165) is 44.8 Å². The number of benzene rings is 2. The van der Waals surface area contributed by atoms with Gasteiger partial charge in [0.25, 0.3) is 5.78 Å². The van der Waals surface area contributed by atoms with E-state index in [2.05, 4.69) is 26.9 Å². The molecule has 0 spiro atoms. The number of aromatic nitrogens is 4. The van der Waals surface area contributed by atoms with Crippen molar-refractivity contribution in [2.45, 2.75) is 39.5 Å². The third-order valence-electron chi connectivity index (χ3n) is 8.04. The number of piperazine rings is 1. The highest BCUT2D eigenvalue weighted by Gasteiger charge is 2.33. The van der Waals surface area contributed by atoms with Crippen molar-refractivity contribution in [1.29, 1.82) is 0 Å². The lowest BCUT2D eigenvalue weighted by Gasteiger charge is -2.36. The van der Waals surface area contributed by atoms with Crippen molar-refractivity contribution < 1.29 is 17.9 Å². The maximum atomic E-state index is 13.9. The summed E-state index contributed by atoms with van der Waals surface area (Å²) in [6.45, 7) is 11.5. The van der Waals surface area contributed by atoms with Gasteiger partial charge in [0.15, 0.2) is 11.5 Å². The molecule has 10 nitrogen and oxygen atoms in total. The second kappa shape index (κ2) is 10.1. The van der Waals surface area contributed by atoms with Gasteiger partial charge in [-0.2, -0.15) is 18.9 Å². The average Bonchev–Trinajstić information content (AvgIpc) is 3.43. The molecule has 0 radical (unpaired) electrons. The Balaban J connectivity index is 1.51. The molecule has 0 amide bonds. The monoisotopic (exact) mass is 550 g/mol. The number of hydrogen-bond donors (Lipinski definition) is 0. The van der Waals surface area contributed by atoms with Gasteiger partial charge in [-0.1, -0.05) is 6.07 Å². The Kier molecular flexibility index (Phi) is 6.98. The molecule has 5 rings (SSSR count). The Morgan fingerprint density at radius 1 is 0.795 bits per heavy atom. The predicted molar refractivity (Wildman–Crippen MR) is 150 cm³/mol. The van der Waals surface area contributed by atoms with Gasteiger partial charge >= 0.3 is 0 Å². The molecule has 2 aromatic heterocycles. The predicted octanol–water partition coefficient (Wildman–Crippen LogP) is 3.86. The smallest absolute Gasteiger partial charge is 0.254 e. The van der Waals surface area contributed by atoms with Crippen molar-refractivity contribution in [3.05, 3.63) is 58.5 Å². The maximum Gasteiger partial charge on any atom is 0.254 e. The zero-order valence-corrected chi connectivity index (χ0v) is 24.3. The fourth-order valence-electron chi connectivity index (χ4n) is 5.40. The van der Waals surface area contributed by atoms with Crippen LogP contribution >= 0.6 is 0 Å². The highest BCUT2D eigenvalue weighted by molar-refractivity contribution is 7.89. The molecule has 3 heterocycles. The fraction of sp³-hybridized carbons (Fsp3) is 0.393. The van der Waals surface area contributed by atoms with E-state index in [-0.39, 0.29) is 0 Å². The lowest BCUT2D eigenvalue weighted by atomic mass is 9.95. The number of anilines is 1. The molecule has 0 bridgehead atoms. The first-order chi connectivity index (χ1) is 18.6. The lowest BCUT2D eigenvalue weighted by molar-refractivity contribution is 0.355. The maximum absolute atomic E-state index is 13.9. The van der Waals surface area contributed by atoms with E-state index in [1.54, 1.807) is 29.2 Å². The third kappa shape index (κ3) is 4.39. The van der Waals surface area contributed by atoms with E-state index >= 15 is 0 Å². The number of sulfonamides is 1. The van der Waals surface area contributed by atoms with Crippen LogP contribution in [0.5, 0.6) is 11.5 Å². The molecule has 0 aliphatic carbocycles. The van der Waals surface area contributed by atoms with E-state index in [1.807, 2.05) is 45.9 Å². The minimum absolute atomic E-state index is 0.344. The van der Waals surface area contributed by atoms with Gasteiger partial charge in [0.1, 0.15) is 12.1 Å². The first-order valence-electron chi connectivity index (χ1n) is 12.8. The summed E-state index contributed by atoms with van der Waals surface area (Å²) in [7, 11) is -0.475. The van der Waals surface area contributed by atoms with Crippen LogP contribution in [0.1, 0.15) is 27.8 Å². The summed E-state index contributed by atoms with van der Waals surface area (Å²) in [5, 5.41) is 4.44. The molecule has 206 valence electrons. The van der Waals surface area contributed by atoms with Crippen LogP contribution in [0.2, 0.25) is 0 Å². The minimum Gasteiger partial charge on any atom is -0.493 e. The molecule has 1 saturated heterocycles. The molecule has 1 fully saturated rings. The summed E-state index contributed by atoms with van der Waals surface area (Å²) in [5.74, 6) is 2.51.